The van der Waals surface area contributed by atoms with Crippen molar-refractivity contribution in [1.29, 1.82) is 0 Å². The molecule has 2 heterocycles. The SMILES string of the molecule is COC(=O)Cn1c(=NC(=O)c2c(-c3ccccc3Cl)noc2C)sc2cc(C(=O)OC)ccc21. The molecule has 9 nitrogen and oxygen atoms in total. The van der Waals surface area contributed by atoms with Gasteiger partial charge in [-0.1, -0.05) is 46.3 Å². The number of aromatic nitrogens is 2. The second-order valence-corrected chi connectivity index (χ2v) is 8.50. The van der Waals surface area contributed by atoms with E-state index >= 15 is 0 Å². The number of ether oxygens (including phenoxy) is 2. The van der Waals surface area contributed by atoms with Crippen LogP contribution in [0.2, 0.25) is 5.02 Å². The standard InChI is InChI=1S/C23H18ClN3O6S/c1-12-19(20(26-33-12)14-6-4-5-7-15(14)24)21(29)25-23-27(11-18(28)31-2)16-9-8-13(22(30)32-3)10-17(16)34-23/h4-10H,11H2,1-3H3. The number of methoxy groups -OCH3 is 2. The highest BCUT2D eigenvalue weighted by Crippen LogP contribution is 2.31. The van der Waals surface area contributed by atoms with E-state index in [9.17, 15) is 14.4 Å². The fourth-order valence-corrected chi connectivity index (χ4v) is 4.65. The Morgan fingerprint density at radius 2 is 1.91 bits per heavy atom. The van der Waals surface area contributed by atoms with Crippen molar-refractivity contribution in [3.8, 4) is 11.3 Å². The molecule has 2 aromatic carbocycles. The smallest absolute Gasteiger partial charge is 0.337 e. The highest BCUT2D eigenvalue weighted by Gasteiger charge is 2.23. The molecule has 0 bridgehead atoms. The third kappa shape index (κ3) is 4.37. The summed E-state index contributed by atoms with van der Waals surface area (Å²) in [5.74, 6) is -1.37. The maximum atomic E-state index is 13.3. The maximum absolute atomic E-state index is 13.3. The Morgan fingerprint density at radius 3 is 2.62 bits per heavy atom. The third-order valence-electron chi connectivity index (χ3n) is 5.02. The van der Waals surface area contributed by atoms with Crippen LogP contribution in [-0.2, 0) is 20.8 Å². The molecule has 11 heteroatoms. The molecule has 4 rings (SSSR count). The summed E-state index contributed by atoms with van der Waals surface area (Å²) < 4.78 is 17.0. The van der Waals surface area contributed by atoms with E-state index in [2.05, 4.69) is 10.1 Å². The lowest BCUT2D eigenvalue weighted by atomic mass is 10.1. The lowest BCUT2D eigenvalue weighted by Crippen LogP contribution is -2.22. The van der Waals surface area contributed by atoms with Crippen LogP contribution in [0.4, 0.5) is 0 Å². The highest BCUT2D eigenvalue weighted by molar-refractivity contribution is 7.16. The normalized spacial score (nSPS) is 11.6. The van der Waals surface area contributed by atoms with Gasteiger partial charge in [0.1, 0.15) is 23.6 Å². The fraction of sp³-hybridized carbons (Fsp3) is 0.174. The summed E-state index contributed by atoms with van der Waals surface area (Å²) in [6.45, 7) is 1.42. The van der Waals surface area contributed by atoms with E-state index in [-0.39, 0.29) is 28.4 Å². The van der Waals surface area contributed by atoms with Crippen molar-refractivity contribution in [3.63, 3.8) is 0 Å². The number of thiazole rings is 1. The van der Waals surface area contributed by atoms with Crippen molar-refractivity contribution in [2.45, 2.75) is 13.5 Å². The number of nitrogens with zero attached hydrogens (tertiary/aromatic N) is 3. The van der Waals surface area contributed by atoms with Crippen molar-refractivity contribution >= 4 is 51.0 Å². The first-order valence-corrected chi connectivity index (χ1v) is 11.1. The van der Waals surface area contributed by atoms with Crippen LogP contribution in [0.25, 0.3) is 21.5 Å². The number of esters is 2. The van der Waals surface area contributed by atoms with Crippen molar-refractivity contribution in [2.24, 2.45) is 4.99 Å². The Hall–Kier alpha value is -3.76. The highest BCUT2D eigenvalue weighted by atomic mass is 35.5. The van der Waals surface area contributed by atoms with Gasteiger partial charge in [0, 0.05) is 5.56 Å². The zero-order valence-corrected chi connectivity index (χ0v) is 19.9. The molecule has 0 unspecified atom stereocenters. The van der Waals surface area contributed by atoms with E-state index in [1.54, 1.807) is 54.0 Å². The van der Waals surface area contributed by atoms with E-state index in [0.29, 0.717) is 26.4 Å². The van der Waals surface area contributed by atoms with Crippen LogP contribution in [0.1, 0.15) is 26.5 Å². The molecule has 0 atom stereocenters. The Labute approximate surface area is 202 Å². The number of carbonyl (C=O) groups is 3. The molecule has 0 saturated heterocycles. The second kappa shape index (κ2) is 9.62. The van der Waals surface area contributed by atoms with Crippen molar-refractivity contribution in [1.82, 2.24) is 9.72 Å². The first kappa shape index (κ1) is 23.4. The van der Waals surface area contributed by atoms with Crippen LogP contribution < -0.4 is 4.80 Å². The number of aryl methyl sites for hydroxylation is 1. The maximum Gasteiger partial charge on any atom is 0.337 e. The first-order chi connectivity index (χ1) is 16.3. The van der Waals surface area contributed by atoms with Crippen LogP contribution in [0.3, 0.4) is 0 Å². The number of hydrogen-bond acceptors (Lipinski definition) is 8. The molecule has 0 aliphatic rings. The Balaban J connectivity index is 1.88. The monoisotopic (exact) mass is 499 g/mol. The summed E-state index contributed by atoms with van der Waals surface area (Å²) in [5.41, 5.74) is 1.88. The summed E-state index contributed by atoms with van der Waals surface area (Å²) in [6.07, 6.45) is 0. The fourth-order valence-electron chi connectivity index (χ4n) is 3.35. The lowest BCUT2D eigenvalue weighted by molar-refractivity contribution is -0.141. The van der Waals surface area contributed by atoms with Crippen molar-refractivity contribution < 1.29 is 28.4 Å². The van der Waals surface area contributed by atoms with Crippen molar-refractivity contribution in [2.75, 3.05) is 14.2 Å². The van der Waals surface area contributed by atoms with Gasteiger partial charge in [0.15, 0.2) is 4.80 Å². The van der Waals surface area contributed by atoms with Gasteiger partial charge in [0.2, 0.25) is 0 Å². The average Bonchev–Trinajstić information content (AvgIpc) is 3.38. The zero-order chi connectivity index (χ0) is 24.4. The summed E-state index contributed by atoms with van der Waals surface area (Å²) in [7, 11) is 2.56. The topological polar surface area (TPSA) is 113 Å². The molecule has 34 heavy (non-hydrogen) atoms. The van der Waals surface area contributed by atoms with Gasteiger partial charge in [-0.15, -0.1) is 0 Å². The number of halogens is 1. The zero-order valence-electron chi connectivity index (χ0n) is 18.3. The molecule has 0 radical (unpaired) electrons. The molecule has 0 aliphatic heterocycles. The molecule has 0 aliphatic carbocycles. The van der Waals surface area contributed by atoms with Gasteiger partial charge >= 0.3 is 11.9 Å². The number of rotatable bonds is 5. The number of benzene rings is 2. The molecule has 0 spiro atoms. The minimum absolute atomic E-state index is 0.158. The van der Waals surface area contributed by atoms with Gasteiger partial charge in [-0.3, -0.25) is 9.59 Å². The summed E-state index contributed by atoms with van der Waals surface area (Å²) in [4.78, 5) is 41.8. The quantitative estimate of drug-likeness (QED) is 0.381. The van der Waals surface area contributed by atoms with Crippen LogP contribution in [0.15, 0.2) is 52.0 Å². The summed E-state index contributed by atoms with van der Waals surface area (Å²) >= 11 is 7.43. The Bertz CT molecular complexity index is 1500. The van der Waals surface area contributed by atoms with Gasteiger partial charge in [-0.2, -0.15) is 4.99 Å². The van der Waals surface area contributed by atoms with Gasteiger partial charge in [0.25, 0.3) is 5.91 Å². The largest absolute Gasteiger partial charge is 0.468 e. The van der Waals surface area contributed by atoms with Crippen LogP contribution >= 0.6 is 22.9 Å². The average molecular weight is 500 g/mol. The Morgan fingerprint density at radius 1 is 1.15 bits per heavy atom. The minimum Gasteiger partial charge on any atom is -0.468 e. The van der Waals surface area contributed by atoms with Crippen molar-refractivity contribution in [3.05, 3.63) is 69.2 Å². The molecular weight excluding hydrogens is 482 g/mol. The molecule has 174 valence electrons. The van der Waals surface area contributed by atoms with E-state index in [1.165, 1.54) is 14.2 Å². The van der Waals surface area contributed by atoms with Crippen LogP contribution in [0.5, 0.6) is 0 Å². The second-order valence-electron chi connectivity index (χ2n) is 7.08. The van der Waals surface area contributed by atoms with Gasteiger partial charge in [0.05, 0.1) is 35.0 Å². The van der Waals surface area contributed by atoms with Gasteiger partial charge in [-0.25, -0.2) is 4.79 Å². The van der Waals surface area contributed by atoms with E-state index in [1.807, 2.05) is 0 Å². The first-order valence-electron chi connectivity index (χ1n) is 9.92. The molecular formula is C23H18ClN3O6S. The summed E-state index contributed by atoms with van der Waals surface area (Å²) in [6, 6.07) is 11.8. The van der Waals surface area contributed by atoms with Gasteiger partial charge < -0.3 is 18.6 Å². The van der Waals surface area contributed by atoms with Gasteiger partial charge in [-0.05, 0) is 31.2 Å². The van der Waals surface area contributed by atoms with Crippen LogP contribution in [0, 0.1) is 6.92 Å². The van der Waals surface area contributed by atoms with E-state index in [4.69, 9.17) is 25.6 Å². The molecule has 0 N–H and O–H groups in total. The predicted octanol–water partition coefficient (Wildman–Crippen LogP) is 4.02. The van der Waals surface area contributed by atoms with Crippen LogP contribution in [-0.4, -0.2) is 41.8 Å². The number of amides is 1. The number of hydrogen-bond donors (Lipinski definition) is 0. The third-order valence-corrected chi connectivity index (χ3v) is 6.39. The molecule has 2 aromatic heterocycles. The Kier molecular flexibility index (Phi) is 6.62. The number of fused-ring (bicyclic) bond motifs is 1. The summed E-state index contributed by atoms with van der Waals surface area (Å²) in [5, 5.41) is 4.41. The molecule has 1 amide bonds. The lowest BCUT2D eigenvalue weighted by Gasteiger charge is -2.05. The van der Waals surface area contributed by atoms with E-state index in [0.717, 1.165) is 11.3 Å². The molecule has 0 fully saturated rings. The molecule has 0 saturated carbocycles. The predicted molar refractivity (Wildman–Crippen MR) is 125 cm³/mol. The molecule has 4 aromatic rings. The minimum atomic E-state index is -0.618. The number of carbonyl (C=O) groups excluding carboxylic acids is 3. The van der Waals surface area contributed by atoms with E-state index < -0.39 is 17.8 Å².